The molecule has 0 fully saturated rings. The van der Waals surface area contributed by atoms with Crippen molar-refractivity contribution in [1.29, 1.82) is 0 Å². The van der Waals surface area contributed by atoms with Crippen molar-refractivity contribution < 1.29 is 10.2 Å². The second kappa shape index (κ2) is 8.85. The summed E-state index contributed by atoms with van der Waals surface area (Å²) in [6.07, 6.45) is 4.24. The van der Waals surface area contributed by atoms with Gasteiger partial charge in [0.1, 0.15) is 0 Å². The van der Waals surface area contributed by atoms with Crippen LogP contribution in [-0.2, 0) is 0 Å². The van der Waals surface area contributed by atoms with Gasteiger partial charge in [0.25, 0.3) is 0 Å². The minimum atomic E-state index is -0.206. The van der Waals surface area contributed by atoms with E-state index in [2.05, 4.69) is 6.92 Å². The molecule has 0 saturated heterocycles. The van der Waals surface area contributed by atoms with E-state index in [1.807, 2.05) is 18.7 Å². The molecule has 0 aromatic carbocycles. The van der Waals surface area contributed by atoms with Gasteiger partial charge in [-0.15, -0.1) is 0 Å². The van der Waals surface area contributed by atoms with Crippen LogP contribution in [0.1, 0.15) is 39.5 Å². The Bertz CT molecular complexity index is 107. The fourth-order valence-electron chi connectivity index (χ4n) is 0.976. The van der Waals surface area contributed by atoms with Crippen LogP contribution in [-0.4, -0.2) is 33.9 Å². The molecule has 0 saturated carbocycles. The van der Waals surface area contributed by atoms with Crippen molar-refractivity contribution in [3.63, 3.8) is 0 Å². The monoisotopic (exact) mass is 206 g/mol. The lowest BCUT2D eigenvalue weighted by molar-refractivity contribution is 0.196. The Kier molecular flexibility index (Phi) is 9.03. The Morgan fingerprint density at radius 1 is 1.08 bits per heavy atom. The minimum Gasteiger partial charge on any atom is -0.396 e. The molecule has 80 valence electrons. The standard InChI is InChI=1S/C10H22O2S/c1-9(12)10(2)13-8-6-4-3-5-7-11/h9-12H,3-8H2,1-2H3. The van der Waals surface area contributed by atoms with Gasteiger partial charge in [0.05, 0.1) is 6.10 Å². The molecule has 2 atom stereocenters. The molecule has 13 heavy (non-hydrogen) atoms. The molecule has 0 bridgehead atoms. The predicted octanol–water partition coefficient (Wildman–Crippen LogP) is 2.04. The first kappa shape index (κ1) is 13.3. The third kappa shape index (κ3) is 8.60. The molecule has 0 aromatic heterocycles. The SMILES string of the molecule is CC(O)C(C)SCCCCCCO. The Balaban J connectivity index is 3.07. The van der Waals surface area contributed by atoms with E-state index in [4.69, 9.17) is 5.11 Å². The zero-order chi connectivity index (χ0) is 10.1. The van der Waals surface area contributed by atoms with E-state index in [-0.39, 0.29) is 6.10 Å². The average molecular weight is 206 g/mol. The number of hydrogen-bond donors (Lipinski definition) is 2. The lowest BCUT2D eigenvalue weighted by Crippen LogP contribution is -2.15. The highest BCUT2D eigenvalue weighted by molar-refractivity contribution is 7.99. The first-order valence-electron chi connectivity index (χ1n) is 5.09. The molecule has 0 spiro atoms. The predicted molar refractivity (Wildman–Crippen MR) is 59.2 cm³/mol. The number of aliphatic hydroxyl groups excluding tert-OH is 2. The molecule has 0 aliphatic carbocycles. The molecule has 2 nitrogen and oxygen atoms in total. The summed E-state index contributed by atoms with van der Waals surface area (Å²) in [6.45, 7) is 4.21. The summed E-state index contributed by atoms with van der Waals surface area (Å²) in [4.78, 5) is 0. The van der Waals surface area contributed by atoms with Gasteiger partial charge in [-0.05, 0) is 25.5 Å². The summed E-state index contributed by atoms with van der Waals surface area (Å²) in [6, 6.07) is 0. The van der Waals surface area contributed by atoms with Crippen molar-refractivity contribution in [3.8, 4) is 0 Å². The Labute approximate surface area is 85.7 Å². The lowest BCUT2D eigenvalue weighted by atomic mass is 10.2. The normalized spacial score (nSPS) is 15.7. The van der Waals surface area contributed by atoms with Crippen LogP contribution < -0.4 is 0 Å². The summed E-state index contributed by atoms with van der Waals surface area (Å²) in [5, 5.41) is 18.1. The molecule has 2 unspecified atom stereocenters. The molecule has 0 rings (SSSR count). The average Bonchev–Trinajstić information content (AvgIpc) is 2.10. The minimum absolute atomic E-state index is 0.206. The van der Waals surface area contributed by atoms with E-state index in [9.17, 15) is 5.11 Å². The fourth-order valence-corrected chi connectivity index (χ4v) is 2.00. The highest BCUT2D eigenvalue weighted by Gasteiger charge is 2.07. The first-order valence-corrected chi connectivity index (χ1v) is 6.14. The van der Waals surface area contributed by atoms with Crippen molar-refractivity contribution in [1.82, 2.24) is 0 Å². The van der Waals surface area contributed by atoms with Gasteiger partial charge in [0.15, 0.2) is 0 Å². The molecule has 0 aliphatic heterocycles. The van der Waals surface area contributed by atoms with E-state index >= 15 is 0 Å². The topological polar surface area (TPSA) is 40.5 Å². The molecular formula is C10H22O2S. The van der Waals surface area contributed by atoms with Crippen molar-refractivity contribution in [2.75, 3.05) is 12.4 Å². The van der Waals surface area contributed by atoms with Crippen LogP contribution in [0.5, 0.6) is 0 Å². The zero-order valence-electron chi connectivity index (χ0n) is 8.70. The summed E-state index contributed by atoms with van der Waals surface area (Å²) in [5.74, 6) is 1.12. The van der Waals surface area contributed by atoms with Crippen LogP contribution in [0, 0.1) is 0 Å². The molecule has 0 amide bonds. The molecule has 0 aliphatic rings. The number of unbranched alkanes of at least 4 members (excludes halogenated alkanes) is 3. The van der Waals surface area contributed by atoms with Gasteiger partial charge in [-0.3, -0.25) is 0 Å². The highest BCUT2D eigenvalue weighted by Crippen LogP contribution is 2.16. The Morgan fingerprint density at radius 3 is 2.23 bits per heavy atom. The van der Waals surface area contributed by atoms with Crippen LogP contribution in [0.3, 0.4) is 0 Å². The largest absolute Gasteiger partial charge is 0.396 e. The molecule has 0 heterocycles. The third-order valence-corrected chi connectivity index (χ3v) is 3.56. The second-order valence-electron chi connectivity index (χ2n) is 3.45. The van der Waals surface area contributed by atoms with Crippen molar-refractivity contribution in [3.05, 3.63) is 0 Å². The lowest BCUT2D eigenvalue weighted by Gasteiger charge is -2.13. The van der Waals surface area contributed by atoms with Crippen LogP contribution >= 0.6 is 11.8 Å². The van der Waals surface area contributed by atoms with Crippen LogP contribution in [0.2, 0.25) is 0 Å². The Morgan fingerprint density at radius 2 is 1.69 bits per heavy atom. The maximum Gasteiger partial charge on any atom is 0.0627 e. The summed E-state index contributed by atoms with van der Waals surface area (Å²) in [5.41, 5.74) is 0. The zero-order valence-corrected chi connectivity index (χ0v) is 9.52. The van der Waals surface area contributed by atoms with Crippen molar-refractivity contribution >= 4 is 11.8 Å². The highest BCUT2D eigenvalue weighted by atomic mass is 32.2. The number of rotatable bonds is 8. The van der Waals surface area contributed by atoms with Gasteiger partial charge in [-0.25, -0.2) is 0 Å². The molecule has 3 heteroatoms. The van der Waals surface area contributed by atoms with Crippen LogP contribution in [0.15, 0.2) is 0 Å². The maximum atomic E-state index is 9.21. The number of thioether (sulfide) groups is 1. The number of hydrogen-bond acceptors (Lipinski definition) is 3. The molecule has 0 aromatic rings. The number of aliphatic hydroxyl groups is 2. The van der Waals surface area contributed by atoms with Crippen LogP contribution in [0.4, 0.5) is 0 Å². The van der Waals surface area contributed by atoms with Crippen LogP contribution in [0.25, 0.3) is 0 Å². The molecular weight excluding hydrogens is 184 g/mol. The van der Waals surface area contributed by atoms with Gasteiger partial charge in [0, 0.05) is 11.9 Å². The second-order valence-corrected chi connectivity index (χ2v) is 4.94. The van der Waals surface area contributed by atoms with Gasteiger partial charge in [-0.2, -0.15) is 11.8 Å². The smallest absolute Gasteiger partial charge is 0.0627 e. The van der Waals surface area contributed by atoms with Gasteiger partial charge in [-0.1, -0.05) is 19.8 Å². The fraction of sp³-hybridized carbons (Fsp3) is 1.00. The summed E-state index contributed by atoms with van der Waals surface area (Å²) >= 11 is 1.83. The summed E-state index contributed by atoms with van der Waals surface area (Å²) < 4.78 is 0. The van der Waals surface area contributed by atoms with Crippen molar-refractivity contribution in [2.24, 2.45) is 0 Å². The summed E-state index contributed by atoms with van der Waals surface area (Å²) in [7, 11) is 0. The first-order chi connectivity index (χ1) is 6.18. The van der Waals surface area contributed by atoms with E-state index in [1.165, 1.54) is 12.8 Å². The van der Waals surface area contributed by atoms with Crippen molar-refractivity contribution in [2.45, 2.75) is 50.9 Å². The van der Waals surface area contributed by atoms with E-state index in [1.54, 1.807) is 0 Å². The molecule has 0 radical (unpaired) electrons. The molecule has 2 N–H and O–H groups in total. The van der Waals surface area contributed by atoms with E-state index < -0.39 is 0 Å². The van der Waals surface area contributed by atoms with Gasteiger partial charge >= 0.3 is 0 Å². The van der Waals surface area contributed by atoms with E-state index in [0.29, 0.717) is 11.9 Å². The van der Waals surface area contributed by atoms with Gasteiger partial charge < -0.3 is 10.2 Å². The third-order valence-electron chi connectivity index (χ3n) is 2.11. The quantitative estimate of drug-likeness (QED) is 0.597. The Hall–Kier alpha value is 0.270. The van der Waals surface area contributed by atoms with E-state index in [0.717, 1.165) is 18.6 Å². The van der Waals surface area contributed by atoms with Gasteiger partial charge in [0.2, 0.25) is 0 Å². The maximum absolute atomic E-state index is 9.21.